The maximum absolute atomic E-state index is 15.2. The van der Waals surface area contributed by atoms with Crippen LogP contribution in [0.15, 0.2) is 60.7 Å². The monoisotopic (exact) mass is 1840 g/mol. The summed E-state index contributed by atoms with van der Waals surface area (Å²) in [5.41, 5.74) is 23.8. The van der Waals surface area contributed by atoms with Crippen LogP contribution in [0.4, 0.5) is 0 Å². The number of carboxylic acid groups (broad SMARTS) is 4. The van der Waals surface area contributed by atoms with Crippen molar-refractivity contribution in [3.63, 3.8) is 0 Å². The van der Waals surface area contributed by atoms with Gasteiger partial charge in [-0.15, -0.1) is 0 Å². The quantitative estimate of drug-likeness (QED) is 0.0166. The van der Waals surface area contributed by atoms with E-state index >= 15 is 4.79 Å². The fourth-order valence-electron chi connectivity index (χ4n) is 13.0. The fourth-order valence-corrected chi connectivity index (χ4v) is 13.5. The van der Waals surface area contributed by atoms with Crippen LogP contribution in [-0.2, 0) is 104 Å². The number of guanidine groups is 1. The van der Waals surface area contributed by atoms with Crippen molar-refractivity contribution in [3.8, 4) is 0 Å². The van der Waals surface area contributed by atoms with Gasteiger partial charge in [0, 0.05) is 32.4 Å². The number of likely N-dealkylation sites (tertiary alicyclic amines) is 1. The normalized spacial score (nSPS) is 16.0. The number of nitrogens with zero attached hydrogens (tertiary/aromatic N) is 1. The predicted molar refractivity (Wildman–Crippen MR) is 460 cm³/mol. The van der Waals surface area contributed by atoms with E-state index in [1.54, 1.807) is 80.8 Å². The molecule has 1 aliphatic rings. The molecule has 1 fully saturated rings. The molecule has 0 unspecified atom stereocenters. The molecule has 1 saturated heterocycles. The van der Waals surface area contributed by atoms with Crippen LogP contribution in [-0.4, -0.2) is 325 Å². The topological polar surface area (TPSA) is 798 Å². The number of nitrogens with two attached hydrogens (primary N) is 4. The van der Waals surface area contributed by atoms with E-state index in [-0.39, 0.29) is 109 Å². The van der Waals surface area contributed by atoms with Crippen molar-refractivity contribution in [3.05, 3.63) is 71.8 Å². The van der Waals surface area contributed by atoms with E-state index in [0.29, 0.717) is 17.5 Å². The number of unbranched alkanes of at least 4 members (excludes halogenated alkanes) is 2. The second-order valence-electron chi connectivity index (χ2n) is 30.9. The fraction of sp³-hybridized carbons (Fsp3) is 0.600. The molecule has 0 aromatic heterocycles. The molecule has 0 radical (unpaired) electrons. The Labute approximate surface area is 747 Å². The third-order valence-corrected chi connectivity index (χ3v) is 20.8. The first-order chi connectivity index (χ1) is 61.0. The lowest BCUT2D eigenvalue weighted by atomic mass is 9.99. The van der Waals surface area contributed by atoms with Crippen molar-refractivity contribution < 1.29 is 132 Å². The number of benzene rings is 2. The number of aliphatic hydroxyl groups excluding tert-OH is 4. The van der Waals surface area contributed by atoms with Crippen LogP contribution in [0.1, 0.15) is 135 Å². The van der Waals surface area contributed by atoms with Crippen LogP contribution in [0.25, 0.3) is 0 Å². The molecule has 129 heavy (non-hydrogen) atoms. The summed E-state index contributed by atoms with van der Waals surface area (Å²) in [6.45, 7) is 2.07. The third-order valence-electron chi connectivity index (χ3n) is 20.2. The zero-order valence-electron chi connectivity index (χ0n) is 72.3. The average Bonchev–Trinajstić information content (AvgIpc) is 1.69. The van der Waals surface area contributed by atoms with Gasteiger partial charge in [0.25, 0.3) is 0 Å². The molecule has 2 aromatic carbocycles. The largest absolute Gasteiger partial charge is 0.481 e. The molecule has 0 aliphatic carbocycles. The SMILES string of the molecule is CSCC[C@H](NC(=O)[C@@H](N)CC(=O)O)C(=O)N[C@@H](CO)C(=O)N[C@@H](CCCNC(=N)N)C(=O)N[C@@H](CCCCN)C(=O)N[C@@H](C)C(=O)N[C@@H](Cc1ccccc1)C(=O)N[C@H](C(=O)N[C@@H](Cc1ccccc1)C(=O)N1CCC[C@H]1C(=O)N[C@@H](CCCCN)C(=O)N[C@@H](CCC(=O)O)C(=O)N[C@@H](CO)C(=O)N[C@@H](CC(=O)O)C(=O)N[C@H](C(=O)N[C@@H](CO)C(=O)O)[C@@H](C)O)C(C)C. The van der Waals surface area contributed by atoms with Crippen LogP contribution in [0.3, 0.4) is 0 Å². The van der Waals surface area contributed by atoms with E-state index in [1.165, 1.54) is 23.6 Å². The number of thioether (sulfide) groups is 1. The minimum Gasteiger partial charge on any atom is -0.481 e. The Bertz CT molecular complexity index is 4120. The van der Waals surface area contributed by atoms with Gasteiger partial charge < -0.3 is 148 Å². The zero-order valence-corrected chi connectivity index (χ0v) is 73.2. The van der Waals surface area contributed by atoms with Gasteiger partial charge in [0.2, 0.25) is 88.6 Å². The van der Waals surface area contributed by atoms with Crippen molar-refractivity contribution in [2.45, 2.75) is 240 Å². The van der Waals surface area contributed by atoms with Gasteiger partial charge in [0.1, 0.15) is 90.6 Å². The van der Waals surface area contributed by atoms with Crippen molar-refractivity contribution >= 4 is 130 Å². The highest BCUT2D eigenvalue weighted by Crippen LogP contribution is 2.22. The first kappa shape index (κ1) is 111. The van der Waals surface area contributed by atoms with E-state index in [2.05, 4.69) is 63.8 Å². The number of carbonyl (C=O) groups is 19. The third kappa shape index (κ3) is 39.9. The Morgan fingerprint density at radius 2 is 0.837 bits per heavy atom. The number of nitrogens with one attached hydrogen (secondary N) is 16. The molecular formula is C80H125N21O27S. The first-order valence-corrected chi connectivity index (χ1v) is 43.2. The molecule has 0 spiro atoms. The van der Waals surface area contributed by atoms with E-state index in [1.807, 2.05) is 16.0 Å². The minimum absolute atomic E-state index is 0.00215. The number of aliphatic hydroxyl groups is 4. The first-order valence-electron chi connectivity index (χ1n) is 41.8. The van der Waals surface area contributed by atoms with Crippen LogP contribution >= 0.6 is 11.8 Å². The van der Waals surface area contributed by atoms with Gasteiger partial charge in [-0.2, -0.15) is 11.8 Å². The Hall–Kier alpha value is -12.3. The van der Waals surface area contributed by atoms with E-state index in [4.69, 9.17) is 33.5 Å². The number of hydrogen-bond acceptors (Lipinski definition) is 28. The Morgan fingerprint density at radius 1 is 0.442 bits per heavy atom. The molecule has 1 heterocycles. The molecule has 0 saturated carbocycles. The van der Waals surface area contributed by atoms with E-state index in [9.17, 15) is 122 Å². The van der Waals surface area contributed by atoms with Crippen molar-refractivity contribution in [1.29, 1.82) is 5.41 Å². The minimum atomic E-state index is -2.16. The lowest BCUT2D eigenvalue weighted by Crippen LogP contribution is -2.62. The Morgan fingerprint density at radius 3 is 1.29 bits per heavy atom. The molecule has 0 bridgehead atoms. The highest BCUT2D eigenvalue weighted by molar-refractivity contribution is 7.98. The highest BCUT2D eigenvalue weighted by atomic mass is 32.2. The summed E-state index contributed by atoms with van der Waals surface area (Å²) in [5.74, 6) is -23.5. The van der Waals surface area contributed by atoms with Gasteiger partial charge >= 0.3 is 23.9 Å². The molecule has 2 aromatic rings. The summed E-state index contributed by atoms with van der Waals surface area (Å²) in [5, 5.41) is 122. The number of hydrogen-bond donors (Lipinski definition) is 28. The zero-order chi connectivity index (χ0) is 96.7. The summed E-state index contributed by atoms with van der Waals surface area (Å²) in [6, 6.07) is -10.1. The molecule has 49 heteroatoms. The van der Waals surface area contributed by atoms with Crippen LogP contribution < -0.4 is 103 Å². The van der Waals surface area contributed by atoms with E-state index in [0.717, 1.165) is 6.92 Å². The van der Waals surface area contributed by atoms with E-state index < -0.39 is 273 Å². The van der Waals surface area contributed by atoms with Crippen LogP contribution in [0.5, 0.6) is 0 Å². The molecule has 718 valence electrons. The van der Waals surface area contributed by atoms with Gasteiger partial charge in [0.05, 0.1) is 44.8 Å². The summed E-state index contributed by atoms with van der Waals surface area (Å²) < 4.78 is 0. The van der Waals surface area contributed by atoms with Gasteiger partial charge in [-0.1, -0.05) is 74.5 Å². The van der Waals surface area contributed by atoms with Gasteiger partial charge in [0.15, 0.2) is 5.96 Å². The summed E-state index contributed by atoms with van der Waals surface area (Å²) in [4.78, 5) is 260. The van der Waals surface area contributed by atoms with Gasteiger partial charge in [-0.25, -0.2) is 4.79 Å². The summed E-state index contributed by atoms with van der Waals surface area (Å²) in [6.07, 6.45) is -3.43. The summed E-state index contributed by atoms with van der Waals surface area (Å²) >= 11 is 1.29. The Balaban J connectivity index is 1.96. The van der Waals surface area contributed by atoms with Gasteiger partial charge in [-0.3, -0.25) is 91.7 Å². The number of amides is 15. The number of aliphatic carboxylic acids is 4. The molecule has 48 nitrogen and oxygen atoms in total. The van der Waals surface area contributed by atoms with Crippen molar-refractivity contribution in [2.75, 3.05) is 58.0 Å². The average molecular weight is 1850 g/mol. The van der Waals surface area contributed by atoms with Crippen molar-refractivity contribution in [2.24, 2.45) is 28.9 Å². The molecule has 17 atom stereocenters. The molecule has 15 amide bonds. The van der Waals surface area contributed by atoms with Crippen molar-refractivity contribution in [1.82, 2.24) is 84.7 Å². The smallest absolute Gasteiger partial charge is 0.328 e. The number of rotatable bonds is 61. The predicted octanol–water partition coefficient (Wildman–Crippen LogP) is -9.22. The standard InChI is InChI=1S/C80H125N21O27S/c1-41(2)62(99-71(119)52(34-44-18-8-6-9-19-44)93-64(112)42(3)87-66(114)47(22-12-14-29-81)89-68(116)49(24-16-31-86-80(84)85)90-73(121)55(38-102)97-70(118)51(28-33-129-5)88-65(113)46(83)36-60(108)109)76(124)95-54(35-45-20-10-7-11-21-45)78(126)101-32-17-25-58(101)75(123)92-48(23-13-15-30-82)67(115)91-50(26-27-59(106)107)69(117)96-56(39-103)74(122)94-53(37-61(110)111)72(120)100-63(43(4)105)77(125)98-57(40-104)79(127)128/h6-11,18-21,41-43,46-58,62-63,102-105H,12-17,22-40,81-83H2,1-5H3,(H,87,114)(H,88,113)(H,89,116)(H,90,121)(H,91,115)(H,92,123)(H,93,112)(H,94,122)(H,95,124)(H,96,117)(H,97,118)(H,98,125)(H,99,119)(H,100,120)(H,106,107)(H,108,109)(H,110,111)(H,127,128)(H4,84,85,86)/t42-,43+,46-,47-,48-,49-,50-,51-,52-,53-,54-,55-,56-,57-,58-,62-,63-/m0/s1. The highest BCUT2D eigenvalue weighted by Gasteiger charge is 2.43. The summed E-state index contributed by atoms with van der Waals surface area (Å²) in [7, 11) is 0. The van der Waals surface area contributed by atoms with Crippen LogP contribution in [0, 0.1) is 11.3 Å². The lowest BCUT2D eigenvalue weighted by molar-refractivity contribution is -0.145. The number of carboxylic acids is 4. The molecule has 32 N–H and O–H groups in total. The Kier molecular flexibility index (Phi) is 50.0. The second-order valence-corrected chi connectivity index (χ2v) is 31.9. The lowest BCUT2D eigenvalue weighted by Gasteiger charge is -2.32. The maximum atomic E-state index is 15.2. The molecule has 3 rings (SSSR count). The van der Waals surface area contributed by atoms with Crippen LogP contribution in [0.2, 0.25) is 0 Å². The molecular weight excluding hydrogens is 1720 g/mol. The number of carbonyl (C=O) groups excluding carboxylic acids is 15. The second kappa shape index (κ2) is 58.2. The van der Waals surface area contributed by atoms with Gasteiger partial charge in [-0.05, 0) is 133 Å². The maximum Gasteiger partial charge on any atom is 0.328 e. The molecule has 1 aliphatic heterocycles.